The second-order valence-electron chi connectivity index (χ2n) is 7.68. The molecule has 1 heterocycles. The van der Waals surface area contributed by atoms with Gasteiger partial charge < -0.3 is 19.8 Å². The third-order valence-electron chi connectivity index (χ3n) is 5.36. The van der Waals surface area contributed by atoms with Crippen LogP contribution in [-0.4, -0.2) is 36.4 Å². The smallest absolute Gasteiger partial charge is 0.318 e. The van der Waals surface area contributed by atoms with Gasteiger partial charge in [0, 0.05) is 25.1 Å². The Kier molecular flexibility index (Phi) is 7.02. The molecule has 0 saturated carbocycles. The van der Waals surface area contributed by atoms with Gasteiger partial charge in [-0.3, -0.25) is 0 Å². The number of nitrogens with zero attached hydrogens (tertiary/aromatic N) is 2. The molecular formula is C26H27N3O3. The lowest BCUT2D eigenvalue weighted by Crippen LogP contribution is -2.43. The number of carbonyl (C=O) groups is 1. The quantitative estimate of drug-likeness (QED) is 0.569. The van der Waals surface area contributed by atoms with E-state index in [9.17, 15) is 4.79 Å². The molecule has 0 spiro atoms. The zero-order chi connectivity index (χ0) is 22.2. The van der Waals surface area contributed by atoms with Crippen molar-refractivity contribution in [1.29, 1.82) is 0 Å². The molecule has 0 aromatic heterocycles. The lowest BCUT2D eigenvalue weighted by atomic mass is 10.0. The Balaban J connectivity index is 1.43. The standard InChI is InChI=1S/C26H27N3O3/c1-31-25-15-9-8-14-23(25)24-16-22(32-28-24)19-29(18-21-12-6-3-7-13-21)26(30)27-17-20-10-4-2-5-11-20/h2-15,22H,16-19H2,1H3,(H,27,30)/t22-/m0/s1. The van der Waals surface area contributed by atoms with E-state index in [1.165, 1.54) is 0 Å². The zero-order valence-corrected chi connectivity index (χ0v) is 18.1. The third kappa shape index (κ3) is 5.46. The lowest BCUT2D eigenvalue weighted by Gasteiger charge is -2.25. The average molecular weight is 430 g/mol. The molecule has 1 atom stereocenters. The van der Waals surface area contributed by atoms with Gasteiger partial charge in [0.15, 0.2) is 6.10 Å². The Morgan fingerprint density at radius 2 is 1.66 bits per heavy atom. The molecule has 32 heavy (non-hydrogen) atoms. The fraction of sp³-hybridized carbons (Fsp3) is 0.231. The number of methoxy groups -OCH3 is 1. The molecule has 6 nitrogen and oxygen atoms in total. The monoisotopic (exact) mass is 429 g/mol. The maximum atomic E-state index is 13.1. The van der Waals surface area contributed by atoms with E-state index in [1.807, 2.05) is 84.9 Å². The molecule has 1 aliphatic heterocycles. The third-order valence-corrected chi connectivity index (χ3v) is 5.36. The predicted octanol–water partition coefficient (Wildman–Crippen LogP) is 4.60. The van der Waals surface area contributed by atoms with E-state index in [-0.39, 0.29) is 12.1 Å². The van der Waals surface area contributed by atoms with Gasteiger partial charge in [-0.1, -0.05) is 78.0 Å². The summed E-state index contributed by atoms with van der Waals surface area (Å²) in [6.07, 6.45) is 0.388. The summed E-state index contributed by atoms with van der Waals surface area (Å²) in [5.41, 5.74) is 3.86. The van der Waals surface area contributed by atoms with E-state index in [4.69, 9.17) is 9.57 Å². The van der Waals surface area contributed by atoms with E-state index in [0.717, 1.165) is 28.2 Å². The van der Waals surface area contributed by atoms with Crippen LogP contribution in [0.3, 0.4) is 0 Å². The number of para-hydroxylation sites is 1. The summed E-state index contributed by atoms with van der Waals surface area (Å²) >= 11 is 0. The predicted molar refractivity (Wildman–Crippen MR) is 125 cm³/mol. The number of hydrogen-bond acceptors (Lipinski definition) is 4. The van der Waals surface area contributed by atoms with E-state index in [0.29, 0.717) is 26.1 Å². The fourth-order valence-corrected chi connectivity index (χ4v) is 3.72. The molecule has 0 fully saturated rings. The molecule has 164 valence electrons. The minimum absolute atomic E-state index is 0.132. The highest BCUT2D eigenvalue weighted by Crippen LogP contribution is 2.25. The van der Waals surface area contributed by atoms with Crippen LogP contribution >= 0.6 is 0 Å². The minimum atomic E-state index is -0.221. The highest BCUT2D eigenvalue weighted by Gasteiger charge is 2.28. The summed E-state index contributed by atoms with van der Waals surface area (Å²) in [5, 5.41) is 7.32. The molecule has 0 unspecified atom stereocenters. The number of nitrogens with one attached hydrogen (secondary N) is 1. The molecule has 3 aromatic rings. The van der Waals surface area contributed by atoms with Crippen molar-refractivity contribution in [1.82, 2.24) is 10.2 Å². The first kappa shape index (κ1) is 21.4. The van der Waals surface area contributed by atoms with Gasteiger partial charge in [-0.05, 0) is 23.3 Å². The van der Waals surface area contributed by atoms with Gasteiger partial charge in [-0.25, -0.2) is 4.79 Å². The average Bonchev–Trinajstić information content (AvgIpc) is 3.32. The largest absolute Gasteiger partial charge is 0.496 e. The van der Waals surface area contributed by atoms with Gasteiger partial charge in [-0.2, -0.15) is 0 Å². The van der Waals surface area contributed by atoms with Crippen molar-refractivity contribution in [3.63, 3.8) is 0 Å². The van der Waals surface area contributed by atoms with Gasteiger partial charge in [0.05, 0.1) is 19.4 Å². The highest BCUT2D eigenvalue weighted by atomic mass is 16.6. The number of carbonyl (C=O) groups excluding carboxylic acids is 1. The Hall–Kier alpha value is -3.80. The number of benzene rings is 3. The van der Waals surface area contributed by atoms with Crippen LogP contribution in [0.25, 0.3) is 0 Å². The SMILES string of the molecule is COc1ccccc1C1=NO[C@H](CN(Cc2ccccc2)C(=O)NCc2ccccc2)C1. The van der Waals surface area contributed by atoms with E-state index >= 15 is 0 Å². The van der Waals surface area contributed by atoms with Crippen LogP contribution in [0.5, 0.6) is 5.75 Å². The molecule has 0 saturated heterocycles. The van der Waals surface area contributed by atoms with Crippen LogP contribution in [0, 0.1) is 0 Å². The van der Waals surface area contributed by atoms with Gasteiger partial charge in [0.25, 0.3) is 0 Å². The Labute approximate surface area is 188 Å². The Morgan fingerprint density at radius 1 is 1.00 bits per heavy atom. The summed E-state index contributed by atoms with van der Waals surface area (Å²) in [6.45, 7) is 1.39. The molecule has 4 rings (SSSR count). The lowest BCUT2D eigenvalue weighted by molar-refractivity contribution is 0.0589. The van der Waals surface area contributed by atoms with Crippen LogP contribution in [0.4, 0.5) is 4.79 Å². The van der Waals surface area contributed by atoms with Crippen LogP contribution < -0.4 is 10.1 Å². The Morgan fingerprint density at radius 3 is 2.38 bits per heavy atom. The van der Waals surface area contributed by atoms with Crippen LogP contribution in [0.2, 0.25) is 0 Å². The zero-order valence-electron chi connectivity index (χ0n) is 18.1. The first-order valence-electron chi connectivity index (χ1n) is 10.7. The van der Waals surface area contributed by atoms with E-state index in [1.54, 1.807) is 12.0 Å². The summed E-state index contributed by atoms with van der Waals surface area (Å²) in [4.78, 5) is 20.6. The molecule has 0 aliphatic carbocycles. The second kappa shape index (κ2) is 10.5. The van der Waals surface area contributed by atoms with Crippen molar-refractivity contribution < 1.29 is 14.4 Å². The van der Waals surface area contributed by atoms with Crippen LogP contribution in [-0.2, 0) is 17.9 Å². The molecule has 2 amide bonds. The molecule has 1 aliphatic rings. The number of amides is 2. The van der Waals surface area contributed by atoms with Crippen molar-refractivity contribution in [2.45, 2.75) is 25.6 Å². The number of hydrogen-bond donors (Lipinski definition) is 1. The molecule has 1 N–H and O–H groups in total. The maximum absolute atomic E-state index is 13.1. The number of rotatable bonds is 8. The normalized spacial score (nSPS) is 14.9. The highest BCUT2D eigenvalue weighted by molar-refractivity contribution is 6.03. The van der Waals surface area contributed by atoms with Gasteiger partial charge in [0.1, 0.15) is 5.75 Å². The van der Waals surface area contributed by atoms with Crippen molar-refractivity contribution in [2.24, 2.45) is 5.16 Å². The first-order valence-corrected chi connectivity index (χ1v) is 10.7. The van der Waals surface area contributed by atoms with E-state index < -0.39 is 0 Å². The summed E-state index contributed by atoms with van der Waals surface area (Å²) in [6, 6.07) is 27.5. The number of urea groups is 1. The second-order valence-corrected chi connectivity index (χ2v) is 7.68. The summed E-state index contributed by atoms with van der Waals surface area (Å²) in [5.74, 6) is 0.761. The van der Waals surface area contributed by atoms with Crippen molar-refractivity contribution in [3.05, 3.63) is 102 Å². The topological polar surface area (TPSA) is 63.2 Å². The summed E-state index contributed by atoms with van der Waals surface area (Å²) < 4.78 is 5.45. The van der Waals surface area contributed by atoms with Gasteiger partial charge in [0.2, 0.25) is 0 Å². The fourth-order valence-electron chi connectivity index (χ4n) is 3.72. The number of oxime groups is 1. The van der Waals surface area contributed by atoms with E-state index in [2.05, 4.69) is 10.5 Å². The van der Waals surface area contributed by atoms with Crippen molar-refractivity contribution in [2.75, 3.05) is 13.7 Å². The molecular weight excluding hydrogens is 402 g/mol. The van der Waals surface area contributed by atoms with Gasteiger partial charge >= 0.3 is 6.03 Å². The van der Waals surface area contributed by atoms with Crippen LogP contribution in [0.15, 0.2) is 90.1 Å². The van der Waals surface area contributed by atoms with Gasteiger partial charge in [-0.15, -0.1) is 0 Å². The minimum Gasteiger partial charge on any atom is -0.496 e. The van der Waals surface area contributed by atoms with Crippen molar-refractivity contribution >= 4 is 11.7 Å². The maximum Gasteiger partial charge on any atom is 0.318 e. The Bertz CT molecular complexity index is 1050. The van der Waals surface area contributed by atoms with Crippen molar-refractivity contribution in [3.8, 4) is 5.75 Å². The molecule has 0 radical (unpaired) electrons. The number of ether oxygens (including phenoxy) is 1. The van der Waals surface area contributed by atoms with Crippen LogP contribution in [0.1, 0.15) is 23.1 Å². The first-order chi connectivity index (χ1) is 15.7. The molecule has 3 aromatic carbocycles. The molecule has 0 bridgehead atoms. The molecule has 6 heteroatoms. The summed E-state index contributed by atoms with van der Waals surface area (Å²) in [7, 11) is 1.64.